The van der Waals surface area contributed by atoms with E-state index in [0.29, 0.717) is 22.9 Å². The van der Waals surface area contributed by atoms with E-state index in [1.807, 2.05) is 60.9 Å². The van der Waals surface area contributed by atoms with Crippen LogP contribution in [0.3, 0.4) is 0 Å². The molecule has 2 aliphatic rings. The minimum Gasteiger partial charge on any atom is -0.351 e. The zero-order chi connectivity index (χ0) is 21.8. The Hall–Kier alpha value is -2.79. The summed E-state index contributed by atoms with van der Waals surface area (Å²) in [5.41, 5.74) is 2.05. The van der Waals surface area contributed by atoms with Crippen molar-refractivity contribution in [3.63, 3.8) is 0 Å². The zero-order valence-corrected chi connectivity index (χ0v) is 18.6. The van der Waals surface area contributed by atoms with Crippen LogP contribution in [-0.4, -0.2) is 28.0 Å². The fraction of sp³-hybridized carbons (Fsp3) is 0.360. The van der Waals surface area contributed by atoms with Crippen LogP contribution in [0, 0.1) is 6.92 Å². The third-order valence-electron chi connectivity index (χ3n) is 6.79. The number of nitrogens with zero attached hydrogens (tertiary/aromatic N) is 2. The first-order valence-electron chi connectivity index (χ1n) is 10.9. The fourth-order valence-corrected chi connectivity index (χ4v) is 5.16. The average Bonchev–Trinajstić information content (AvgIpc) is 3.38. The van der Waals surface area contributed by atoms with Gasteiger partial charge in [0.15, 0.2) is 0 Å². The normalized spacial score (nSPS) is 21.5. The number of para-hydroxylation sites is 1. The minimum absolute atomic E-state index is 0.118. The van der Waals surface area contributed by atoms with Crippen LogP contribution in [0.15, 0.2) is 48.5 Å². The van der Waals surface area contributed by atoms with Gasteiger partial charge in [0, 0.05) is 27.7 Å². The van der Waals surface area contributed by atoms with Crippen LogP contribution in [0.5, 0.6) is 0 Å². The van der Waals surface area contributed by atoms with Crippen molar-refractivity contribution in [3.8, 4) is 0 Å². The molecule has 0 radical (unpaired) electrons. The van der Waals surface area contributed by atoms with E-state index >= 15 is 0 Å². The molecule has 31 heavy (non-hydrogen) atoms. The van der Waals surface area contributed by atoms with Gasteiger partial charge in [-0.1, -0.05) is 48.7 Å². The highest BCUT2D eigenvalue weighted by atomic mass is 35.5. The molecule has 0 bridgehead atoms. The Bertz CT molecular complexity index is 1190. The van der Waals surface area contributed by atoms with E-state index in [0.717, 1.165) is 42.1 Å². The lowest BCUT2D eigenvalue weighted by Crippen LogP contribution is -2.65. The molecular weight excluding hydrogens is 410 g/mol. The van der Waals surface area contributed by atoms with Crippen LogP contribution in [0.2, 0.25) is 5.02 Å². The van der Waals surface area contributed by atoms with Crippen LogP contribution in [0.25, 0.3) is 10.9 Å². The Morgan fingerprint density at radius 2 is 1.87 bits per heavy atom. The molecule has 3 aromatic rings. The maximum Gasteiger partial charge on any atom is 0.275 e. The van der Waals surface area contributed by atoms with Crippen molar-refractivity contribution < 1.29 is 9.59 Å². The molecular formula is C25H26ClN3O2. The van der Waals surface area contributed by atoms with E-state index < -0.39 is 5.54 Å². The van der Waals surface area contributed by atoms with E-state index in [2.05, 4.69) is 5.32 Å². The number of carbonyl (C=O) groups excluding carboxylic acids is 2. The summed E-state index contributed by atoms with van der Waals surface area (Å²) in [7, 11) is 0. The highest BCUT2D eigenvalue weighted by molar-refractivity contribution is 6.31. The number of amides is 2. The van der Waals surface area contributed by atoms with Crippen molar-refractivity contribution in [2.75, 3.05) is 4.90 Å². The Balaban J connectivity index is 1.65. The summed E-state index contributed by atoms with van der Waals surface area (Å²) in [4.78, 5) is 29.1. The number of carbonyl (C=O) groups is 2. The molecule has 1 atom stereocenters. The van der Waals surface area contributed by atoms with Crippen molar-refractivity contribution in [2.24, 2.45) is 0 Å². The Kier molecular flexibility index (Phi) is 4.82. The first kappa shape index (κ1) is 20.1. The van der Waals surface area contributed by atoms with Gasteiger partial charge in [0.1, 0.15) is 11.2 Å². The lowest BCUT2D eigenvalue weighted by molar-refractivity contribution is -0.127. The van der Waals surface area contributed by atoms with E-state index in [4.69, 9.17) is 11.6 Å². The van der Waals surface area contributed by atoms with Crippen LogP contribution >= 0.6 is 11.6 Å². The fourth-order valence-electron chi connectivity index (χ4n) is 4.98. The largest absolute Gasteiger partial charge is 0.351 e. The van der Waals surface area contributed by atoms with E-state index in [1.165, 1.54) is 0 Å². The molecule has 6 heteroatoms. The van der Waals surface area contributed by atoms with Gasteiger partial charge in [-0.3, -0.25) is 14.5 Å². The predicted octanol–water partition coefficient (Wildman–Crippen LogP) is 5.08. The molecule has 2 amide bonds. The monoisotopic (exact) mass is 435 g/mol. The minimum atomic E-state index is -1.08. The first-order chi connectivity index (χ1) is 14.9. The number of nitrogens with one attached hydrogen (secondary N) is 1. The Morgan fingerprint density at radius 1 is 1.13 bits per heavy atom. The molecule has 1 unspecified atom stereocenters. The van der Waals surface area contributed by atoms with Gasteiger partial charge in [-0.05, 0) is 56.5 Å². The lowest BCUT2D eigenvalue weighted by Gasteiger charge is -2.44. The van der Waals surface area contributed by atoms with Gasteiger partial charge < -0.3 is 9.88 Å². The second kappa shape index (κ2) is 7.41. The van der Waals surface area contributed by atoms with Gasteiger partial charge in [0.25, 0.3) is 5.91 Å². The lowest BCUT2D eigenvalue weighted by atomic mass is 9.93. The third-order valence-corrected chi connectivity index (χ3v) is 7.19. The maximum absolute atomic E-state index is 13.8. The molecule has 1 saturated carbocycles. The standard InChI is InChI=1S/C25H26ClN3O2/c1-16-11-12-19(14-20(16)26)29-23(30)22-13-17-7-3-6-10-21(17)28(22)15-25(29,2)24(31)27-18-8-4-5-9-18/h3,6-7,10-14,18H,4-5,8-9,15H2,1-2H3,(H,27,31). The highest BCUT2D eigenvalue weighted by Crippen LogP contribution is 2.37. The van der Waals surface area contributed by atoms with E-state index in [9.17, 15) is 9.59 Å². The molecule has 0 spiro atoms. The van der Waals surface area contributed by atoms with Gasteiger partial charge in [0.2, 0.25) is 5.91 Å². The van der Waals surface area contributed by atoms with Crippen molar-refractivity contribution in [1.82, 2.24) is 9.88 Å². The number of rotatable bonds is 3. The summed E-state index contributed by atoms with van der Waals surface area (Å²) in [5.74, 6) is -0.306. The molecule has 2 heterocycles. The van der Waals surface area contributed by atoms with Crippen LogP contribution in [0.4, 0.5) is 5.69 Å². The zero-order valence-electron chi connectivity index (χ0n) is 17.8. The number of halogens is 1. The molecule has 1 aromatic heterocycles. The van der Waals surface area contributed by atoms with Crippen LogP contribution in [0.1, 0.15) is 48.7 Å². The third kappa shape index (κ3) is 3.23. The second-order valence-electron chi connectivity index (χ2n) is 8.98. The molecule has 1 aliphatic heterocycles. The number of anilines is 1. The van der Waals surface area contributed by atoms with Crippen molar-refractivity contribution >= 4 is 40.0 Å². The Labute approximate surface area is 187 Å². The van der Waals surface area contributed by atoms with Crippen molar-refractivity contribution in [1.29, 1.82) is 0 Å². The number of aromatic nitrogens is 1. The Morgan fingerprint density at radius 3 is 2.61 bits per heavy atom. The van der Waals surface area contributed by atoms with Gasteiger partial charge in [-0.15, -0.1) is 0 Å². The van der Waals surface area contributed by atoms with Crippen LogP contribution < -0.4 is 10.2 Å². The number of hydrogen-bond donors (Lipinski definition) is 1. The SMILES string of the molecule is Cc1ccc(N2C(=O)c3cc4ccccc4n3CC2(C)C(=O)NC2CCCC2)cc1Cl. The van der Waals surface area contributed by atoms with Gasteiger partial charge in [-0.25, -0.2) is 0 Å². The first-order valence-corrected chi connectivity index (χ1v) is 11.3. The summed E-state index contributed by atoms with van der Waals surface area (Å²) in [6, 6.07) is 15.6. The molecule has 2 aromatic carbocycles. The van der Waals surface area contributed by atoms with Crippen molar-refractivity contribution in [3.05, 3.63) is 64.8 Å². The second-order valence-corrected chi connectivity index (χ2v) is 9.38. The number of benzene rings is 2. The predicted molar refractivity (Wildman–Crippen MR) is 124 cm³/mol. The number of aryl methyl sites for hydroxylation is 1. The molecule has 1 N–H and O–H groups in total. The number of fused-ring (bicyclic) bond motifs is 3. The molecule has 160 valence electrons. The molecule has 1 aliphatic carbocycles. The van der Waals surface area contributed by atoms with Gasteiger partial charge in [0.05, 0.1) is 6.54 Å². The summed E-state index contributed by atoms with van der Waals surface area (Å²) >= 11 is 6.41. The summed E-state index contributed by atoms with van der Waals surface area (Å²) in [6.07, 6.45) is 4.24. The van der Waals surface area contributed by atoms with Gasteiger partial charge >= 0.3 is 0 Å². The number of hydrogen-bond acceptors (Lipinski definition) is 2. The quantitative estimate of drug-likeness (QED) is 0.623. The van der Waals surface area contributed by atoms with Crippen molar-refractivity contribution in [2.45, 2.75) is 57.7 Å². The summed E-state index contributed by atoms with van der Waals surface area (Å²) < 4.78 is 1.98. The topological polar surface area (TPSA) is 54.3 Å². The van der Waals surface area contributed by atoms with Crippen LogP contribution in [-0.2, 0) is 11.3 Å². The summed E-state index contributed by atoms with van der Waals surface area (Å²) in [5, 5.41) is 4.80. The molecule has 5 nitrogen and oxygen atoms in total. The van der Waals surface area contributed by atoms with E-state index in [1.54, 1.807) is 11.0 Å². The molecule has 0 saturated heterocycles. The van der Waals surface area contributed by atoms with E-state index in [-0.39, 0.29) is 17.9 Å². The summed E-state index contributed by atoms with van der Waals surface area (Å²) in [6.45, 7) is 4.17. The maximum atomic E-state index is 13.8. The highest BCUT2D eigenvalue weighted by Gasteiger charge is 2.49. The smallest absolute Gasteiger partial charge is 0.275 e. The average molecular weight is 436 g/mol. The van der Waals surface area contributed by atoms with Gasteiger partial charge in [-0.2, -0.15) is 0 Å². The molecule has 1 fully saturated rings. The molecule has 5 rings (SSSR count).